The molecule has 0 radical (unpaired) electrons. The number of anilines is 1. The molecule has 0 fully saturated rings. The molecule has 3 nitrogen and oxygen atoms in total. The van der Waals surface area contributed by atoms with E-state index in [4.69, 9.17) is 5.73 Å². The normalized spacial score (nSPS) is 13.3. The molecular formula is C11H15N3. The third-order valence-corrected chi connectivity index (χ3v) is 2.65. The summed E-state index contributed by atoms with van der Waals surface area (Å²) >= 11 is 0. The van der Waals surface area contributed by atoms with Gasteiger partial charge >= 0.3 is 0 Å². The van der Waals surface area contributed by atoms with Gasteiger partial charge in [0.1, 0.15) is 0 Å². The van der Waals surface area contributed by atoms with Crippen LogP contribution in [0.2, 0.25) is 0 Å². The van der Waals surface area contributed by atoms with E-state index in [1.54, 1.807) is 0 Å². The maximum absolute atomic E-state index is 5.88. The number of fused-ring (bicyclic) bond motifs is 1. The summed E-state index contributed by atoms with van der Waals surface area (Å²) in [4.78, 5) is 4.32. The maximum Gasteiger partial charge on any atom is 0.201 e. The predicted molar refractivity (Wildman–Crippen MR) is 59.1 cm³/mol. The van der Waals surface area contributed by atoms with Gasteiger partial charge in [0.2, 0.25) is 5.95 Å². The van der Waals surface area contributed by atoms with E-state index in [9.17, 15) is 0 Å². The van der Waals surface area contributed by atoms with Gasteiger partial charge in [-0.1, -0.05) is 19.1 Å². The van der Waals surface area contributed by atoms with Crippen molar-refractivity contribution in [2.75, 3.05) is 5.73 Å². The second kappa shape index (κ2) is 3.33. The summed E-state index contributed by atoms with van der Waals surface area (Å²) in [7, 11) is 0. The van der Waals surface area contributed by atoms with Crippen LogP contribution in [0, 0.1) is 0 Å². The van der Waals surface area contributed by atoms with Crippen molar-refractivity contribution in [1.82, 2.24) is 9.55 Å². The number of para-hydroxylation sites is 2. The lowest BCUT2D eigenvalue weighted by Crippen LogP contribution is -2.07. The number of nitrogens with two attached hydrogens (primary N) is 1. The van der Waals surface area contributed by atoms with Gasteiger partial charge in [0.05, 0.1) is 11.0 Å². The molecule has 0 aliphatic rings. The van der Waals surface area contributed by atoms with Crippen LogP contribution in [0.25, 0.3) is 11.0 Å². The second-order valence-corrected chi connectivity index (χ2v) is 3.59. The molecule has 3 heteroatoms. The number of hydrogen-bond acceptors (Lipinski definition) is 2. The summed E-state index contributed by atoms with van der Waals surface area (Å²) in [6.45, 7) is 4.31. The Morgan fingerprint density at radius 2 is 2.14 bits per heavy atom. The lowest BCUT2D eigenvalue weighted by Gasteiger charge is -2.13. The molecule has 0 spiro atoms. The summed E-state index contributed by atoms with van der Waals surface area (Å²) in [6, 6.07) is 8.45. The van der Waals surface area contributed by atoms with E-state index in [0.29, 0.717) is 12.0 Å². The number of benzene rings is 1. The first-order chi connectivity index (χ1) is 6.74. The zero-order valence-corrected chi connectivity index (χ0v) is 8.57. The Balaban J connectivity index is 2.67. The fourth-order valence-electron chi connectivity index (χ4n) is 1.71. The largest absolute Gasteiger partial charge is 0.369 e. The van der Waals surface area contributed by atoms with Crippen molar-refractivity contribution in [3.8, 4) is 0 Å². The van der Waals surface area contributed by atoms with Crippen LogP contribution in [0.4, 0.5) is 5.95 Å². The quantitative estimate of drug-likeness (QED) is 0.789. The van der Waals surface area contributed by atoms with Crippen LogP contribution in [0.1, 0.15) is 26.3 Å². The molecule has 1 unspecified atom stereocenters. The first-order valence-corrected chi connectivity index (χ1v) is 4.96. The Morgan fingerprint density at radius 3 is 2.86 bits per heavy atom. The smallest absolute Gasteiger partial charge is 0.201 e. The van der Waals surface area contributed by atoms with Crippen molar-refractivity contribution < 1.29 is 0 Å². The van der Waals surface area contributed by atoms with Gasteiger partial charge in [0.25, 0.3) is 0 Å². The Kier molecular flexibility index (Phi) is 2.15. The molecular weight excluding hydrogens is 174 g/mol. The van der Waals surface area contributed by atoms with Crippen LogP contribution < -0.4 is 5.73 Å². The fourth-order valence-corrected chi connectivity index (χ4v) is 1.71. The van der Waals surface area contributed by atoms with Crippen LogP contribution in [0.5, 0.6) is 0 Å². The number of nitrogens with zero attached hydrogens (tertiary/aromatic N) is 2. The lowest BCUT2D eigenvalue weighted by atomic mass is 10.2. The molecule has 2 N–H and O–H groups in total. The van der Waals surface area contributed by atoms with Gasteiger partial charge in [-0.25, -0.2) is 4.98 Å². The lowest BCUT2D eigenvalue weighted by molar-refractivity contribution is 0.552. The van der Waals surface area contributed by atoms with Crippen molar-refractivity contribution in [3.05, 3.63) is 24.3 Å². The van der Waals surface area contributed by atoms with E-state index in [0.717, 1.165) is 17.5 Å². The third-order valence-electron chi connectivity index (χ3n) is 2.65. The number of hydrogen-bond donors (Lipinski definition) is 1. The minimum Gasteiger partial charge on any atom is -0.369 e. The van der Waals surface area contributed by atoms with Gasteiger partial charge < -0.3 is 10.3 Å². The van der Waals surface area contributed by atoms with Crippen molar-refractivity contribution in [2.45, 2.75) is 26.3 Å². The highest BCUT2D eigenvalue weighted by Crippen LogP contribution is 2.23. The molecule has 0 aliphatic heterocycles. The van der Waals surface area contributed by atoms with Crippen LogP contribution in [-0.2, 0) is 0 Å². The van der Waals surface area contributed by atoms with Crippen molar-refractivity contribution >= 4 is 17.0 Å². The summed E-state index contributed by atoms with van der Waals surface area (Å²) < 4.78 is 2.09. The summed E-state index contributed by atoms with van der Waals surface area (Å²) in [5, 5.41) is 0. The Labute approximate surface area is 83.6 Å². The molecule has 2 aromatic rings. The van der Waals surface area contributed by atoms with Crippen LogP contribution in [-0.4, -0.2) is 9.55 Å². The third kappa shape index (κ3) is 1.25. The van der Waals surface area contributed by atoms with E-state index >= 15 is 0 Å². The van der Waals surface area contributed by atoms with E-state index in [1.807, 2.05) is 18.2 Å². The SMILES string of the molecule is CCC(C)n1c(N)nc2ccccc21. The molecule has 1 aromatic carbocycles. The van der Waals surface area contributed by atoms with Gasteiger partial charge in [0, 0.05) is 6.04 Å². The minimum absolute atomic E-state index is 0.405. The Bertz CT molecular complexity index is 445. The van der Waals surface area contributed by atoms with Gasteiger partial charge in [-0.05, 0) is 25.5 Å². The highest BCUT2D eigenvalue weighted by molar-refractivity contribution is 5.78. The first kappa shape index (κ1) is 9.06. The molecule has 0 saturated carbocycles. The van der Waals surface area contributed by atoms with Crippen molar-refractivity contribution in [1.29, 1.82) is 0 Å². The fraction of sp³-hybridized carbons (Fsp3) is 0.364. The number of nitrogen functional groups attached to an aromatic ring is 1. The number of rotatable bonds is 2. The molecule has 0 bridgehead atoms. The van der Waals surface area contributed by atoms with Crippen LogP contribution >= 0.6 is 0 Å². The van der Waals surface area contributed by atoms with Gasteiger partial charge in [0.15, 0.2) is 0 Å². The minimum atomic E-state index is 0.405. The van der Waals surface area contributed by atoms with E-state index in [2.05, 4.69) is 29.5 Å². The van der Waals surface area contributed by atoms with Crippen molar-refractivity contribution in [2.24, 2.45) is 0 Å². The number of aromatic nitrogens is 2. The average Bonchev–Trinajstić information content (AvgIpc) is 2.53. The molecule has 0 saturated heterocycles. The summed E-state index contributed by atoms with van der Waals surface area (Å²) in [5.74, 6) is 0.612. The van der Waals surface area contributed by atoms with Gasteiger partial charge in [-0.15, -0.1) is 0 Å². The molecule has 0 aliphatic carbocycles. The Hall–Kier alpha value is -1.51. The molecule has 1 heterocycles. The standard InChI is InChI=1S/C11H15N3/c1-3-8(2)14-10-7-5-4-6-9(10)13-11(14)12/h4-8H,3H2,1-2H3,(H2,12,13). The van der Waals surface area contributed by atoms with E-state index < -0.39 is 0 Å². The topological polar surface area (TPSA) is 43.8 Å². The van der Waals surface area contributed by atoms with Crippen molar-refractivity contribution in [3.63, 3.8) is 0 Å². The highest BCUT2D eigenvalue weighted by Gasteiger charge is 2.11. The van der Waals surface area contributed by atoms with E-state index in [1.165, 1.54) is 0 Å². The molecule has 2 rings (SSSR count). The average molecular weight is 189 g/mol. The molecule has 1 aromatic heterocycles. The zero-order valence-electron chi connectivity index (χ0n) is 8.57. The Morgan fingerprint density at radius 1 is 1.43 bits per heavy atom. The van der Waals surface area contributed by atoms with Gasteiger partial charge in [-0.3, -0.25) is 0 Å². The van der Waals surface area contributed by atoms with Crippen LogP contribution in [0.15, 0.2) is 24.3 Å². The molecule has 14 heavy (non-hydrogen) atoms. The monoisotopic (exact) mass is 189 g/mol. The summed E-state index contributed by atoms with van der Waals surface area (Å²) in [5.41, 5.74) is 7.98. The number of imidazole rings is 1. The van der Waals surface area contributed by atoms with Crippen LogP contribution in [0.3, 0.4) is 0 Å². The summed E-state index contributed by atoms with van der Waals surface area (Å²) in [6.07, 6.45) is 1.06. The predicted octanol–water partition coefficient (Wildman–Crippen LogP) is 2.59. The zero-order chi connectivity index (χ0) is 10.1. The van der Waals surface area contributed by atoms with E-state index in [-0.39, 0.29) is 0 Å². The maximum atomic E-state index is 5.88. The second-order valence-electron chi connectivity index (χ2n) is 3.59. The molecule has 0 amide bonds. The van der Waals surface area contributed by atoms with Gasteiger partial charge in [-0.2, -0.15) is 0 Å². The molecule has 74 valence electrons. The first-order valence-electron chi connectivity index (χ1n) is 4.96. The highest BCUT2D eigenvalue weighted by atomic mass is 15.2. The molecule has 1 atom stereocenters.